The predicted octanol–water partition coefficient (Wildman–Crippen LogP) is 18.5. The molecule has 7 aliphatic carbocycles. The molecule has 0 radical (unpaired) electrons. The van der Waals surface area contributed by atoms with Crippen LogP contribution >= 0.6 is 0 Å². The van der Waals surface area contributed by atoms with Crippen LogP contribution in [0, 0.1) is 11.8 Å². The van der Waals surface area contributed by atoms with Crippen molar-refractivity contribution in [2.24, 2.45) is 11.8 Å². The third-order valence-corrected chi connectivity index (χ3v) is 17.9. The quantitative estimate of drug-likeness (QED) is 0.0941. The van der Waals surface area contributed by atoms with Gasteiger partial charge in [0.05, 0.1) is 5.41 Å². The smallest absolute Gasteiger partial charge is 0.0697 e. The zero-order valence-corrected chi connectivity index (χ0v) is 39.9. The lowest BCUT2D eigenvalue weighted by Crippen LogP contribution is -2.35. The highest BCUT2D eigenvalue weighted by atomic mass is 14.6. The second-order valence-electron chi connectivity index (χ2n) is 21.3. The van der Waals surface area contributed by atoms with Gasteiger partial charge in [-0.3, -0.25) is 0 Å². The molecule has 0 bridgehead atoms. The summed E-state index contributed by atoms with van der Waals surface area (Å²) < 4.78 is 0. The summed E-state index contributed by atoms with van der Waals surface area (Å²) in [7, 11) is 0. The van der Waals surface area contributed by atoms with Gasteiger partial charge in [-0.25, -0.2) is 0 Å². The van der Waals surface area contributed by atoms with Gasteiger partial charge in [0.25, 0.3) is 0 Å². The Morgan fingerprint density at radius 3 is 1.93 bits per heavy atom. The second-order valence-corrected chi connectivity index (χ2v) is 21.3. The number of benzene rings is 9. The zero-order valence-electron chi connectivity index (χ0n) is 39.9. The van der Waals surface area contributed by atoms with E-state index in [0.29, 0.717) is 11.8 Å². The van der Waals surface area contributed by atoms with Crippen molar-refractivity contribution >= 4 is 66.4 Å². The van der Waals surface area contributed by atoms with Crippen LogP contribution in [0.4, 0.5) is 0 Å². The Bertz CT molecular complexity index is 4050. The van der Waals surface area contributed by atoms with Crippen LogP contribution in [0.5, 0.6) is 0 Å². The van der Waals surface area contributed by atoms with Crippen LogP contribution in [0.2, 0.25) is 0 Å². The molecule has 9 aromatic carbocycles. The van der Waals surface area contributed by atoms with Gasteiger partial charge in [-0.1, -0.05) is 188 Å². The molecule has 3 unspecified atom stereocenters. The van der Waals surface area contributed by atoms with Crippen LogP contribution in [0.3, 0.4) is 0 Å². The number of rotatable bonds is 3. The minimum Gasteiger partial charge on any atom is -0.0879 e. The van der Waals surface area contributed by atoms with Crippen LogP contribution in [-0.2, 0) is 18.3 Å². The molecule has 0 aliphatic heterocycles. The highest BCUT2D eigenvalue weighted by Gasteiger charge is 2.57. The maximum atomic E-state index is 2.58. The molecule has 0 heterocycles. The Labute approximate surface area is 416 Å². The first kappa shape index (κ1) is 40.0. The van der Waals surface area contributed by atoms with Crippen molar-refractivity contribution in [2.45, 2.75) is 56.8 Å². The fourth-order valence-corrected chi connectivity index (χ4v) is 15.2. The molecule has 7 aliphatic rings. The van der Waals surface area contributed by atoms with Gasteiger partial charge in [-0.2, -0.15) is 0 Å². The predicted molar refractivity (Wildman–Crippen MR) is 301 cm³/mol. The lowest BCUT2D eigenvalue weighted by Gasteiger charge is -2.41. The van der Waals surface area contributed by atoms with Crippen molar-refractivity contribution in [2.75, 3.05) is 0 Å². The first-order valence-corrected chi connectivity index (χ1v) is 26.4. The van der Waals surface area contributed by atoms with Gasteiger partial charge in [0.15, 0.2) is 0 Å². The summed E-state index contributed by atoms with van der Waals surface area (Å²) in [6.07, 6.45) is 33.8. The Kier molecular flexibility index (Phi) is 8.51. The van der Waals surface area contributed by atoms with Gasteiger partial charge < -0.3 is 0 Å². The molecular formula is C71H52. The summed E-state index contributed by atoms with van der Waals surface area (Å²) in [6, 6.07) is 56.6. The minimum absolute atomic E-state index is 0.355. The summed E-state index contributed by atoms with van der Waals surface area (Å²) in [5, 5.41) is 10.6. The molecule has 0 saturated carbocycles. The topological polar surface area (TPSA) is 0 Å². The van der Waals surface area contributed by atoms with E-state index in [0.717, 1.165) is 44.9 Å². The summed E-state index contributed by atoms with van der Waals surface area (Å²) in [6.45, 7) is 0. The van der Waals surface area contributed by atoms with Crippen molar-refractivity contribution < 1.29 is 0 Å². The molecule has 336 valence electrons. The van der Waals surface area contributed by atoms with Crippen LogP contribution in [0.1, 0.15) is 83.0 Å². The van der Waals surface area contributed by atoms with Crippen molar-refractivity contribution in [3.63, 3.8) is 0 Å². The summed E-state index contributed by atoms with van der Waals surface area (Å²) in [5.41, 5.74) is 25.3. The largest absolute Gasteiger partial charge is 0.0879 e. The zero-order chi connectivity index (χ0) is 46.4. The summed E-state index contributed by atoms with van der Waals surface area (Å²) in [4.78, 5) is 0. The molecule has 9 aromatic rings. The van der Waals surface area contributed by atoms with E-state index in [1.54, 1.807) is 22.3 Å². The molecule has 0 fully saturated rings. The summed E-state index contributed by atoms with van der Waals surface area (Å²) >= 11 is 0. The lowest BCUT2D eigenvalue weighted by atomic mass is 9.60. The number of allylic oxidation sites excluding steroid dienone is 12. The molecular weight excluding hydrogens is 853 g/mol. The Morgan fingerprint density at radius 1 is 0.423 bits per heavy atom. The fourth-order valence-electron chi connectivity index (χ4n) is 15.2. The second kappa shape index (κ2) is 15.1. The first-order valence-electron chi connectivity index (χ1n) is 26.4. The van der Waals surface area contributed by atoms with E-state index in [2.05, 4.69) is 206 Å². The first-order chi connectivity index (χ1) is 35.3. The summed E-state index contributed by atoms with van der Waals surface area (Å²) in [5.74, 6) is 0.875. The fraction of sp³-hybridized carbons (Fsp3) is 0.155. The van der Waals surface area contributed by atoms with Crippen LogP contribution < -0.4 is 0 Å². The molecule has 0 amide bonds. The maximum Gasteiger partial charge on any atom is 0.0697 e. The molecule has 0 N–H and O–H groups in total. The highest BCUT2D eigenvalue weighted by molar-refractivity contribution is 6.23. The maximum absolute atomic E-state index is 2.58. The molecule has 3 atom stereocenters. The van der Waals surface area contributed by atoms with E-state index in [4.69, 9.17) is 0 Å². The number of fused-ring (bicyclic) bond motifs is 20. The van der Waals surface area contributed by atoms with Gasteiger partial charge in [-0.15, -0.1) is 0 Å². The monoisotopic (exact) mass is 904 g/mol. The normalized spacial score (nSPS) is 21.0. The van der Waals surface area contributed by atoms with Crippen molar-refractivity contribution in [1.29, 1.82) is 0 Å². The molecule has 71 heavy (non-hydrogen) atoms. The van der Waals surface area contributed by atoms with E-state index in [-0.39, 0.29) is 5.41 Å². The Morgan fingerprint density at radius 2 is 1.10 bits per heavy atom. The van der Waals surface area contributed by atoms with Crippen molar-refractivity contribution in [3.8, 4) is 33.4 Å². The van der Waals surface area contributed by atoms with Gasteiger partial charge in [-0.05, 0) is 219 Å². The average molecular weight is 905 g/mol. The van der Waals surface area contributed by atoms with Gasteiger partial charge in [0.2, 0.25) is 0 Å². The minimum atomic E-state index is -0.355. The lowest BCUT2D eigenvalue weighted by molar-refractivity contribution is 0.447. The molecule has 0 heteroatoms. The number of hydrogen-bond donors (Lipinski definition) is 0. The third kappa shape index (κ3) is 5.41. The van der Waals surface area contributed by atoms with Gasteiger partial charge >= 0.3 is 0 Å². The molecule has 0 nitrogen and oxygen atoms in total. The van der Waals surface area contributed by atoms with E-state index < -0.39 is 0 Å². The number of hydrogen-bond acceptors (Lipinski definition) is 0. The average Bonchev–Trinajstić information content (AvgIpc) is 3.94. The Balaban J connectivity index is 0.920. The van der Waals surface area contributed by atoms with Crippen molar-refractivity contribution in [3.05, 3.63) is 250 Å². The van der Waals surface area contributed by atoms with Gasteiger partial charge in [0, 0.05) is 5.92 Å². The standard InChI is InChI=1S/C71H52/c1-4-23-49-43(18-1)36-39-61-68-55-29-8-7-26-52(55)62-41-45(37-38-60(62)70(68)71(69(49)61)64-34-15-13-27-53(64)54-28-14-16-35-65(54)71)44-20-17-21-47(40-44)66-56-30-9-11-32-58(56)67(59-33-12-10-31-57(59)66)63-42-46-19-2-3-22-48(46)50-24-5-6-25-51(50)63/h2,4,6-13,15-17,19-21,23,25-27,29-43,49H,1,3,5,14,18,22,24,28H2. The van der Waals surface area contributed by atoms with E-state index >= 15 is 0 Å². The van der Waals surface area contributed by atoms with E-state index in [9.17, 15) is 0 Å². The van der Waals surface area contributed by atoms with Crippen LogP contribution in [-0.4, -0.2) is 0 Å². The van der Waals surface area contributed by atoms with E-state index in [1.165, 1.54) is 127 Å². The third-order valence-electron chi connectivity index (χ3n) is 17.9. The molecule has 0 aromatic heterocycles. The van der Waals surface area contributed by atoms with E-state index in [1.807, 2.05) is 0 Å². The van der Waals surface area contributed by atoms with Crippen LogP contribution in [0.25, 0.3) is 99.8 Å². The van der Waals surface area contributed by atoms with Crippen molar-refractivity contribution in [1.82, 2.24) is 0 Å². The highest BCUT2D eigenvalue weighted by Crippen LogP contribution is 2.68. The Hall–Kier alpha value is -7.80. The van der Waals surface area contributed by atoms with Crippen LogP contribution in [0.15, 0.2) is 205 Å². The molecule has 1 spiro atoms. The molecule has 0 saturated heterocycles. The molecule has 16 rings (SSSR count). The van der Waals surface area contributed by atoms with Gasteiger partial charge in [0.1, 0.15) is 0 Å². The SMILES string of the molecule is C1=CC2=C(CC1)c1ccccc1C21C2=C(C=CC3CCC=CC23)c2c1c1ccc(-c3cccc(-c4c5ccccc5c(-c5cc6c(c7c5C=CCC7)CCC=C6)c5ccccc45)c3)cc1c1ccccc21.